The van der Waals surface area contributed by atoms with Crippen LogP contribution in [-0.4, -0.2) is 60.4 Å². The number of carbonyl (C=O) groups is 1. The van der Waals surface area contributed by atoms with E-state index in [0.717, 1.165) is 24.6 Å². The molecule has 2 aliphatic rings. The predicted octanol–water partition coefficient (Wildman–Crippen LogP) is 4.96. The third-order valence-corrected chi connectivity index (χ3v) is 10.3. The van der Waals surface area contributed by atoms with Crippen LogP contribution in [0.4, 0.5) is 8.78 Å². The third kappa shape index (κ3) is 7.22. The topological polar surface area (TPSA) is 117 Å². The molecule has 10 nitrogen and oxygen atoms in total. The summed E-state index contributed by atoms with van der Waals surface area (Å²) in [6.45, 7) is 1.94. The van der Waals surface area contributed by atoms with Crippen molar-refractivity contribution in [3.05, 3.63) is 116 Å². The van der Waals surface area contributed by atoms with Crippen LogP contribution < -0.4 is 10.9 Å². The van der Waals surface area contributed by atoms with Crippen LogP contribution in [-0.2, 0) is 33.9 Å². The third-order valence-electron chi connectivity index (χ3n) is 8.33. The standard InChI is InChI=1S/C34H31BrF2N6O4S/c35-23-3-8-28-30(18-23)39-33(43(34(28)45)26-4-6-27(7-5-26)48(46)42-11-13-47-14-12-42)31(17-21-15-24(36)19-25(37)16-21)38-32(44)20-41-10-9-29(40-41)22-1-2-22/h3-10,15-16,18-19,22,31H,1-2,11-14,17,20H2,(H,38,44). The highest BCUT2D eigenvalue weighted by molar-refractivity contribution is 9.10. The summed E-state index contributed by atoms with van der Waals surface area (Å²) < 4.78 is 52.8. The number of hydrogen-bond acceptors (Lipinski definition) is 7. The van der Waals surface area contributed by atoms with E-state index in [4.69, 9.17) is 9.72 Å². The molecule has 1 amide bonds. The van der Waals surface area contributed by atoms with Crippen molar-refractivity contribution in [2.75, 3.05) is 26.3 Å². The number of amides is 1. The lowest BCUT2D eigenvalue weighted by Crippen LogP contribution is -2.40. The average molecular weight is 738 g/mol. The summed E-state index contributed by atoms with van der Waals surface area (Å²) in [7, 11) is 0. The minimum Gasteiger partial charge on any atom is -0.593 e. The average Bonchev–Trinajstić information content (AvgIpc) is 3.82. The van der Waals surface area contributed by atoms with Gasteiger partial charge in [0.15, 0.2) is 4.90 Å². The van der Waals surface area contributed by atoms with Crippen molar-refractivity contribution in [1.29, 1.82) is 0 Å². The molecular weight excluding hydrogens is 706 g/mol. The Hall–Kier alpha value is -3.95. The molecular formula is C34H31BrF2N6O4S. The smallest absolute Gasteiger partial charge is 0.266 e. The van der Waals surface area contributed by atoms with Gasteiger partial charge in [0, 0.05) is 29.1 Å². The highest BCUT2D eigenvalue weighted by atomic mass is 79.9. The first-order valence-electron chi connectivity index (χ1n) is 15.6. The van der Waals surface area contributed by atoms with E-state index in [1.807, 2.05) is 10.4 Å². The number of hydrogen-bond donors (Lipinski definition) is 1. The lowest BCUT2D eigenvalue weighted by molar-refractivity contribution is -0.122. The van der Waals surface area contributed by atoms with E-state index in [1.165, 1.54) is 16.7 Å². The Kier molecular flexibility index (Phi) is 9.43. The number of nitrogens with one attached hydrogen (secondary N) is 1. The van der Waals surface area contributed by atoms with E-state index >= 15 is 0 Å². The van der Waals surface area contributed by atoms with Crippen LogP contribution in [0.15, 0.2) is 87.1 Å². The first-order chi connectivity index (χ1) is 23.2. The van der Waals surface area contributed by atoms with Gasteiger partial charge in [-0.15, -0.1) is 4.31 Å². The number of aromatic nitrogens is 4. The normalized spacial score (nSPS) is 16.6. The minimum atomic E-state index is -1.43. The molecule has 2 aromatic heterocycles. The summed E-state index contributed by atoms with van der Waals surface area (Å²) in [6.07, 6.45) is 3.81. The summed E-state index contributed by atoms with van der Waals surface area (Å²) in [5.41, 5.74) is 1.58. The van der Waals surface area contributed by atoms with Crippen molar-refractivity contribution in [1.82, 2.24) is 29.0 Å². The second-order valence-corrected chi connectivity index (χ2v) is 14.3. The maximum Gasteiger partial charge on any atom is 0.266 e. The Morgan fingerprint density at radius 2 is 1.77 bits per heavy atom. The van der Waals surface area contributed by atoms with Crippen molar-refractivity contribution in [3.8, 4) is 5.69 Å². The summed E-state index contributed by atoms with van der Waals surface area (Å²) in [5, 5.41) is 7.83. The second-order valence-electron chi connectivity index (χ2n) is 11.9. The minimum absolute atomic E-state index is 0.0715. The van der Waals surface area contributed by atoms with Gasteiger partial charge < -0.3 is 14.6 Å². The molecule has 0 spiro atoms. The molecule has 248 valence electrons. The van der Waals surface area contributed by atoms with Gasteiger partial charge >= 0.3 is 0 Å². The molecule has 14 heteroatoms. The van der Waals surface area contributed by atoms with Crippen LogP contribution in [0.5, 0.6) is 0 Å². The Morgan fingerprint density at radius 1 is 1.04 bits per heavy atom. The van der Waals surface area contributed by atoms with Gasteiger partial charge in [-0.25, -0.2) is 13.8 Å². The fourth-order valence-corrected chi connectivity index (χ4v) is 7.35. The number of nitrogens with zero attached hydrogens (tertiary/aromatic N) is 5. The van der Waals surface area contributed by atoms with Crippen molar-refractivity contribution in [2.24, 2.45) is 0 Å². The molecule has 1 saturated heterocycles. The van der Waals surface area contributed by atoms with Crippen molar-refractivity contribution in [3.63, 3.8) is 0 Å². The zero-order valence-electron chi connectivity index (χ0n) is 25.7. The van der Waals surface area contributed by atoms with Gasteiger partial charge in [0.1, 0.15) is 24.0 Å². The van der Waals surface area contributed by atoms with Crippen LogP contribution >= 0.6 is 15.9 Å². The fraction of sp³-hybridized carbons (Fsp3) is 0.294. The van der Waals surface area contributed by atoms with E-state index in [0.29, 0.717) is 58.2 Å². The summed E-state index contributed by atoms with van der Waals surface area (Å²) >= 11 is 2.02. The Morgan fingerprint density at radius 3 is 2.48 bits per heavy atom. The fourth-order valence-electron chi connectivity index (χ4n) is 5.85. The van der Waals surface area contributed by atoms with Gasteiger partial charge in [-0.1, -0.05) is 15.9 Å². The molecule has 0 radical (unpaired) electrons. The monoisotopic (exact) mass is 736 g/mol. The van der Waals surface area contributed by atoms with Gasteiger partial charge in [-0.3, -0.25) is 18.8 Å². The van der Waals surface area contributed by atoms with Crippen molar-refractivity contribution in [2.45, 2.75) is 42.7 Å². The SMILES string of the molecule is O=C(Cn1ccc(C2CC2)n1)NC(Cc1cc(F)cc(F)c1)c1nc2cc(Br)ccc2c(=O)n1-c1ccc([S+]([O-])N2CCOCC2)cc1. The summed E-state index contributed by atoms with van der Waals surface area (Å²) in [5.74, 6) is -1.39. The molecule has 0 bridgehead atoms. The number of fused-ring (bicyclic) bond motifs is 1. The van der Waals surface area contributed by atoms with Gasteiger partial charge in [-0.2, -0.15) is 5.10 Å². The number of ether oxygens (including phenoxy) is 1. The van der Waals surface area contributed by atoms with E-state index in [9.17, 15) is 22.9 Å². The molecule has 3 heterocycles. The lowest BCUT2D eigenvalue weighted by atomic mass is 10.0. The Labute approximate surface area is 286 Å². The zero-order valence-corrected chi connectivity index (χ0v) is 28.1. The van der Waals surface area contributed by atoms with Crippen molar-refractivity contribution < 1.29 is 22.9 Å². The molecule has 7 rings (SSSR count). The van der Waals surface area contributed by atoms with Gasteiger partial charge in [0.2, 0.25) is 5.91 Å². The number of halogens is 3. The molecule has 2 atom stereocenters. The second kappa shape index (κ2) is 13.9. The first kappa shape index (κ1) is 32.6. The van der Waals surface area contributed by atoms with Gasteiger partial charge in [-0.05, 0) is 79.1 Å². The maximum absolute atomic E-state index is 14.4. The zero-order chi connectivity index (χ0) is 33.4. The predicted molar refractivity (Wildman–Crippen MR) is 179 cm³/mol. The highest BCUT2D eigenvalue weighted by Gasteiger charge is 2.28. The number of benzene rings is 3. The summed E-state index contributed by atoms with van der Waals surface area (Å²) in [6, 6.07) is 15.9. The van der Waals surface area contributed by atoms with Crippen LogP contribution in [0.2, 0.25) is 0 Å². The quantitative estimate of drug-likeness (QED) is 0.202. The van der Waals surface area contributed by atoms with Gasteiger partial charge in [0.05, 0.1) is 66.0 Å². The number of carbonyl (C=O) groups excluding carboxylic acids is 1. The molecule has 1 aliphatic carbocycles. The lowest BCUT2D eigenvalue weighted by Gasteiger charge is -2.27. The molecule has 1 saturated carbocycles. The Bertz CT molecular complexity index is 2010. The molecule has 3 aromatic carbocycles. The van der Waals surface area contributed by atoms with E-state index in [2.05, 4.69) is 26.3 Å². The number of morpholine rings is 1. The molecule has 5 aromatic rings. The van der Waals surface area contributed by atoms with Crippen LogP contribution in [0.25, 0.3) is 16.6 Å². The van der Waals surface area contributed by atoms with Crippen LogP contribution in [0.1, 0.15) is 41.9 Å². The molecule has 1 N–H and O–H groups in total. The molecule has 1 aliphatic heterocycles. The molecule has 2 fully saturated rings. The van der Waals surface area contributed by atoms with E-state index < -0.39 is 40.5 Å². The largest absolute Gasteiger partial charge is 0.593 e. The highest BCUT2D eigenvalue weighted by Crippen LogP contribution is 2.38. The van der Waals surface area contributed by atoms with Crippen LogP contribution in [0, 0.1) is 11.6 Å². The summed E-state index contributed by atoms with van der Waals surface area (Å²) in [4.78, 5) is 33.2. The first-order valence-corrected chi connectivity index (χ1v) is 17.5. The molecule has 48 heavy (non-hydrogen) atoms. The van der Waals surface area contributed by atoms with E-state index in [1.54, 1.807) is 53.3 Å². The van der Waals surface area contributed by atoms with Crippen molar-refractivity contribution >= 4 is 44.1 Å². The van der Waals surface area contributed by atoms with Gasteiger partial charge in [0.25, 0.3) is 5.56 Å². The Balaban J connectivity index is 1.30. The maximum atomic E-state index is 14.4. The van der Waals surface area contributed by atoms with Crippen LogP contribution in [0.3, 0.4) is 0 Å². The number of rotatable bonds is 10. The van der Waals surface area contributed by atoms with E-state index in [-0.39, 0.29) is 24.4 Å². The molecule has 2 unspecified atom stereocenters.